The highest BCUT2D eigenvalue weighted by atomic mass is 16.3. The highest BCUT2D eigenvalue weighted by molar-refractivity contribution is 4.94. The summed E-state index contributed by atoms with van der Waals surface area (Å²) in [6, 6.07) is 0.698. The molecule has 0 aromatic rings. The summed E-state index contributed by atoms with van der Waals surface area (Å²) in [5.41, 5.74) is 0.0237. The molecule has 0 spiro atoms. The molecule has 1 unspecified atom stereocenters. The van der Waals surface area contributed by atoms with Gasteiger partial charge in [-0.3, -0.25) is 0 Å². The van der Waals surface area contributed by atoms with Gasteiger partial charge in [0.25, 0.3) is 0 Å². The van der Waals surface area contributed by atoms with E-state index in [4.69, 9.17) is 0 Å². The van der Waals surface area contributed by atoms with E-state index in [1.165, 1.54) is 12.8 Å². The van der Waals surface area contributed by atoms with Crippen LogP contribution in [0, 0.1) is 0 Å². The Morgan fingerprint density at radius 2 is 2.08 bits per heavy atom. The Morgan fingerprint density at radius 1 is 1.42 bits per heavy atom. The predicted octanol–water partition coefficient (Wildman–Crippen LogP) is 1.68. The number of hydrogen-bond acceptors (Lipinski definition) is 2. The number of rotatable bonds is 6. The van der Waals surface area contributed by atoms with Crippen LogP contribution in [0.1, 0.15) is 46.0 Å². The van der Waals surface area contributed by atoms with E-state index >= 15 is 0 Å². The number of nitrogens with one attached hydrogen (secondary N) is 1. The second-order valence-corrected chi connectivity index (χ2v) is 3.96. The minimum absolute atomic E-state index is 0.0237. The fraction of sp³-hybridized carbons (Fsp3) is 1.00. The molecule has 2 N–H and O–H groups in total. The van der Waals surface area contributed by atoms with E-state index < -0.39 is 0 Å². The molecule has 2 heteroatoms. The van der Waals surface area contributed by atoms with E-state index in [0.29, 0.717) is 6.04 Å². The van der Waals surface area contributed by atoms with E-state index in [1.807, 2.05) is 0 Å². The Balaban J connectivity index is 2.41. The Morgan fingerprint density at radius 3 is 2.42 bits per heavy atom. The van der Waals surface area contributed by atoms with Crippen LogP contribution < -0.4 is 5.32 Å². The fourth-order valence-corrected chi connectivity index (χ4v) is 1.73. The average Bonchev–Trinajstić information content (AvgIpc) is 2.87. The maximum Gasteiger partial charge on any atom is 0.0613 e. The van der Waals surface area contributed by atoms with E-state index in [0.717, 1.165) is 19.3 Å². The summed E-state index contributed by atoms with van der Waals surface area (Å²) in [6.45, 7) is 4.61. The van der Waals surface area contributed by atoms with Gasteiger partial charge in [0.1, 0.15) is 0 Å². The molecule has 1 aliphatic rings. The molecule has 1 atom stereocenters. The molecule has 1 saturated carbocycles. The van der Waals surface area contributed by atoms with Gasteiger partial charge in [0.05, 0.1) is 6.61 Å². The monoisotopic (exact) mass is 171 g/mol. The normalized spacial score (nSPS) is 22.2. The van der Waals surface area contributed by atoms with Crippen molar-refractivity contribution in [3.63, 3.8) is 0 Å². The molecule has 2 nitrogen and oxygen atoms in total. The first-order valence-electron chi connectivity index (χ1n) is 5.15. The Kier molecular flexibility index (Phi) is 3.53. The van der Waals surface area contributed by atoms with Crippen LogP contribution in [0.4, 0.5) is 0 Å². The molecule has 0 aromatic heterocycles. The minimum Gasteiger partial charge on any atom is -0.394 e. The summed E-state index contributed by atoms with van der Waals surface area (Å²) in [5.74, 6) is 0. The van der Waals surface area contributed by atoms with Crippen LogP contribution in [0.15, 0.2) is 0 Å². The van der Waals surface area contributed by atoms with Gasteiger partial charge in [0, 0.05) is 11.6 Å². The van der Waals surface area contributed by atoms with Gasteiger partial charge < -0.3 is 10.4 Å². The molecule has 0 aliphatic heterocycles. The number of aliphatic hydroxyl groups excluding tert-OH is 1. The largest absolute Gasteiger partial charge is 0.394 e. The van der Waals surface area contributed by atoms with Crippen LogP contribution in [-0.4, -0.2) is 23.3 Å². The first-order chi connectivity index (χ1) is 5.76. The lowest BCUT2D eigenvalue weighted by molar-refractivity contribution is 0.144. The smallest absolute Gasteiger partial charge is 0.0613 e. The molecule has 1 fully saturated rings. The highest BCUT2D eigenvalue weighted by Crippen LogP contribution is 2.26. The minimum atomic E-state index is 0.0237. The molecule has 1 rings (SSSR count). The summed E-state index contributed by atoms with van der Waals surface area (Å²) in [4.78, 5) is 0. The lowest BCUT2D eigenvalue weighted by atomic mass is 9.91. The van der Waals surface area contributed by atoms with Gasteiger partial charge in [-0.1, -0.05) is 20.3 Å². The van der Waals surface area contributed by atoms with Gasteiger partial charge in [-0.15, -0.1) is 0 Å². The maximum absolute atomic E-state index is 9.32. The van der Waals surface area contributed by atoms with Crippen molar-refractivity contribution in [2.24, 2.45) is 0 Å². The summed E-state index contributed by atoms with van der Waals surface area (Å²) in [5, 5.41) is 12.9. The highest BCUT2D eigenvalue weighted by Gasteiger charge is 2.33. The standard InChI is InChI=1S/C10H21NO/c1-3-7-10(4-2,8-12)11-9-5-6-9/h9,11-12H,3-8H2,1-2H3. The van der Waals surface area contributed by atoms with Crippen molar-refractivity contribution in [2.45, 2.75) is 57.5 Å². The van der Waals surface area contributed by atoms with Crippen LogP contribution in [0.5, 0.6) is 0 Å². The van der Waals surface area contributed by atoms with Crippen LogP contribution >= 0.6 is 0 Å². The van der Waals surface area contributed by atoms with Crippen molar-refractivity contribution in [1.29, 1.82) is 0 Å². The first-order valence-corrected chi connectivity index (χ1v) is 5.15. The molecule has 0 radical (unpaired) electrons. The van der Waals surface area contributed by atoms with Crippen LogP contribution in [0.25, 0.3) is 0 Å². The SMILES string of the molecule is CCCC(CC)(CO)NC1CC1. The van der Waals surface area contributed by atoms with Crippen LogP contribution in [-0.2, 0) is 0 Å². The van der Waals surface area contributed by atoms with Gasteiger partial charge in [-0.05, 0) is 25.7 Å². The lowest BCUT2D eigenvalue weighted by Gasteiger charge is -2.32. The van der Waals surface area contributed by atoms with Gasteiger partial charge in [-0.2, -0.15) is 0 Å². The Hall–Kier alpha value is -0.0800. The third kappa shape index (κ3) is 2.46. The Bertz CT molecular complexity index is 128. The Labute approximate surface area is 75.4 Å². The van der Waals surface area contributed by atoms with Crippen molar-refractivity contribution < 1.29 is 5.11 Å². The fourth-order valence-electron chi connectivity index (χ4n) is 1.73. The topological polar surface area (TPSA) is 32.3 Å². The van der Waals surface area contributed by atoms with E-state index in [2.05, 4.69) is 19.2 Å². The first kappa shape index (κ1) is 10.0. The molecular weight excluding hydrogens is 150 g/mol. The van der Waals surface area contributed by atoms with Crippen LogP contribution in [0.3, 0.4) is 0 Å². The second kappa shape index (κ2) is 4.24. The number of hydrogen-bond donors (Lipinski definition) is 2. The van der Waals surface area contributed by atoms with Crippen molar-refractivity contribution in [3.05, 3.63) is 0 Å². The number of aliphatic hydroxyl groups is 1. The second-order valence-electron chi connectivity index (χ2n) is 3.96. The summed E-state index contributed by atoms with van der Waals surface area (Å²) < 4.78 is 0. The van der Waals surface area contributed by atoms with Gasteiger partial charge >= 0.3 is 0 Å². The third-order valence-electron chi connectivity index (χ3n) is 2.80. The zero-order valence-corrected chi connectivity index (χ0v) is 8.27. The van der Waals surface area contributed by atoms with Gasteiger partial charge in [0.15, 0.2) is 0 Å². The quantitative estimate of drug-likeness (QED) is 0.637. The molecule has 0 amide bonds. The summed E-state index contributed by atoms with van der Waals surface area (Å²) in [6.07, 6.45) is 5.87. The zero-order valence-electron chi connectivity index (χ0n) is 8.27. The van der Waals surface area contributed by atoms with E-state index in [-0.39, 0.29) is 12.1 Å². The average molecular weight is 171 g/mol. The molecule has 1 aliphatic carbocycles. The van der Waals surface area contributed by atoms with Crippen molar-refractivity contribution in [3.8, 4) is 0 Å². The van der Waals surface area contributed by atoms with E-state index in [1.54, 1.807) is 0 Å². The van der Waals surface area contributed by atoms with Crippen molar-refractivity contribution in [1.82, 2.24) is 5.32 Å². The molecule has 0 aromatic carbocycles. The summed E-state index contributed by atoms with van der Waals surface area (Å²) in [7, 11) is 0. The van der Waals surface area contributed by atoms with Gasteiger partial charge in [-0.25, -0.2) is 0 Å². The predicted molar refractivity (Wildman–Crippen MR) is 51.2 cm³/mol. The molecule has 0 bridgehead atoms. The molecule has 0 heterocycles. The van der Waals surface area contributed by atoms with Crippen LogP contribution in [0.2, 0.25) is 0 Å². The molecule has 12 heavy (non-hydrogen) atoms. The third-order valence-corrected chi connectivity index (χ3v) is 2.80. The van der Waals surface area contributed by atoms with Gasteiger partial charge in [0.2, 0.25) is 0 Å². The van der Waals surface area contributed by atoms with Crippen molar-refractivity contribution in [2.75, 3.05) is 6.61 Å². The summed E-state index contributed by atoms with van der Waals surface area (Å²) >= 11 is 0. The van der Waals surface area contributed by atoms with E-state index in [9.17, 15) is 5.11 Å². The lowest BCUT2D eigenvalue weighted by Crippen LogP contribution is -2.49. The zero-order chi connectivity index (χ0) is 9.03. The molecular formula is C10H21NO. The van der Waals surface area contributed by atoms with Crippen molar-refractivity contribution >= 4 is 0 Å². The molecule has 0 saturated heterocycles. The maximum atomic E-state index is 9.32. The molecule has 72 valence electrons.